The van der Waals surface area contributed by atoms with Gasteiger partial charge in [0.25, 0.3) is 0 Å². The molecule has 2 nitrogen and oxygen atoms in total. The largest absolute Gasteiger partial charge is 0.316 e. The van der Waals surface area contributed by atoms with Crippen LogP contribution < -0.4 is 5.32 Å². The van der Waals surface area contributed by atoms with Gasteiger partial charge in [-0.25, -0.2) is 4.98 Å². The number of hydrogen-bond donors (Lipinski definition) is 1. The minimum Gasteiger partial charge on any atom is -0.316 e. The van der Waals surface area contributed by atoms with Crippen molar-refractivity contribution in [3.8, 4) is 0 Å². The normalized spacial score (nSPS) is 31.3. The van der Waals surface area contributed by atoms with Crippen LogP contribution in [0.2, 0.25) is 0 Å². The van der Waals surface area contributed by atoms with Crippen molar-refractivity contribution < 1.29 is 0 Å². The first kappa shape index (κ1) is 11.7. The summed E-state index contributed by atoms with van der Waals surface area (Å²) in [5.74, 6) is 2.36. The molecule has 1 saturated carbocycles. The highest BCUT2D eigenvalue weighted by molar-refractivity contribution is 7.11. The molecule has 3 atom stereocenters. The van der Waals surface area contributed by atoms with Crippen molar-refractivity contribution in [2.45, 2.75) is 51.4 Å². The lowest BCUT2D eigenvalue weighted by Gasteiger charge is -2.21. The number of aryl methyl sites for hydroxylation is 1. The molecule has 2 aliphatic rings. The van der Waals surface area contributed by atoms with E-state index in [2.05, 4.69) is 19.2 Å². The topological polar surface area (TPSA) is 24.9 Å². The molecule has 2 aliphatic carbocycles. The van der Waals surface area contributed by atoms with Gasteiger partial charge in [-0.05, 0) is 38.1 Å². The van der Waals surface area contributed by atoms with E-state index in [1.54, 1.807) is 4.88 Å². The monoisotopic (exact) mass is 250 g/mol. The van der Waals surface area contributed by atoms with Gasteiger partial charge in [-0.3, -0.25) is 0 Å². The van der Waals surface area contributed by atoms with Gasteiger partial charge < -0.3 is 5.32 Å². The first-order chi connectivity index (χ1) is 8.29. The molecule has 1 fully saturated rings. The second-order valence-electron chi connectivity index (χ2n) is 5.58. The quantitative estimate of drug-likeness (QED) is 0.887. The van der Waals surface area contributed by atoms with Crippen molar-refractivity contribution in [3.05, 3.63) is 15.6 Å². The summed E-state index contributed by atoms with van der Waals surface area (Å²) in [6.07, 6.45) is 5.31. The third-order valence-corrected chi connectivity index (χ3v) is 5.42. The summed E-state index contributed by atoms with van der Waals surface area (Å²) in [5.41, 5.74) is 1.44. The van der Waals surface area contributed by atoms with Crippen molar-refractivity contribution in [2.24, 2.45) is 5.92 Å². The molecule has 94 valence electrons. The summed E-state index contributed by atoms with van der Waals surface area (Å²) in [7, 11) is 0. The minimum atomic E-state index is 0.678. The number of aromatic nitrogens is 1. The van der Waals surface area contributed by atoms with Gasteiger partial charge in [-0.1, -0.05) is 13.8 Å². The van der Waals surface area contributed by atoms with E-state index in [1.165, 1.54) is 36.4 Å². The standard InChI is InChI=1S/C14H22N2S/c1-3-15-8-10-5-4-6-12-13(10)16-14(17-12)11-7-9(11)2/h9-11,15H,3-8H2,1-2H3. The van der Waals surface area contributed by atoms with Crippen molar-refractivity contribution in [1.82, 2.24) is 10.3 Å². The molecule has 0 amide bonds. The zero-order valence-electron chi connectivity index (χ0n) is 10.8. The molecule has 0 spiro atoms. The van der Waals surface area contributed by atoms with Crippen LogP contribution in [0, 0.1) is 5.92 Å². The third-order valence-electron chi connectivity index (χ3n) is 4.15. The summed E-state index contributed by atoms with van der Waals surface area (Å²) in [4.78, 5) is 6.57. The van der Waals surface area contributed by atoms with Gasteiger partial charge in [0.2, 0.25) is 0 Å². The van der Waals surface area contributed by atoms with E-state index in [9.17, 15) is 0 Å². The number of rotatable bonds is 4. The van der Waals surface area contributed by atoms with Crippen LogP contribution in [0.1, 0.15) is 60.5 Å². The van der Waals surface area contributed by atoms with Gasteiger partial charge in [-0.15, -0.1) is 11.3 Å². The smallest absolute Gasteiger partial charge is 0.0964 e. The molecule has 3 rings (SSSR count). The fourth-order valence-electron chi connectivity index (χ4n) is 2.87. The van der Waals surface area contributed by atoms with Crippen LogP contribution in [0.25, 0.3) is 0 Å². The number of fused-ring (bicyclic) bond motifs is 1. The Morgan fingerprint density at radius 2 is 2.29 bits per heavy atom. The molecule has 1 heterocycles. The van der Waals surface area contributed by atoms with Crippen LogP contribution in [0.15, 0.2) is 0 Å². The Balaban J connectivity index is 1.79. The summed E-state index contributed by atoms with van der Waals surface area (Å²) < 4.78 is 0. The summed E-state index contributed by atoms with van der Waals surface area (Å²) >= 11 is 2.01. The molecule has 0 aliphatic heterocycles. The Morgan fingerprint density at radius 3 is 3.00 bits per heavy atom. The van der Waals surface area contributed by atoms with Crippen LogP contribution in [-0.2, 0) is 6.42 Å². The molecule has 17 heavy (non-hydrogen) atoms. The average Bonchev–Trinajstić information content (AvgIpc) is 2.91. The minimum absolute atomic E-state index is 0.678. The van der Waals surface area contributed by atoms with Gasteiger partial charge in [-0.2, -0.15) is 0 Å². The number of thiazole rings is 1. The maximum Gasteiger partial charge on any atom is 0.0964 e. The lowest BCUT2D eigenvalue weighted by atomic mass is 9.91. The highest BCUT2D eigenvalue weighted by Gasteiger charge is 2.38. The second-order valence-corrected chi connectivity index (χ2v) is 6.69. The maximum absolute atomic E-state index is 4.98. The van der Waals surface area contributed by atoms with Crippen molar-refractivity contribution in [1.29, 1.82) is 0 Å². The van der Waals surface area contributed by atoms with Crippen molar-refractivity contribution in [3.63, 3.8) is 0 Å². The lowest BCUT2D eigenvalue weighted by molar-refractivity contribution is 0.508. The predicted molar refractivity (Wildman–Crippen MR) is 72.9 cm³/mol. The fraction of sp³-hybridized carbons (Fsp3) is 0.786. The van der Waals surface area contributed by atoms with E-state index >= 15 is 0 Å². The molecule has 0 aromatic carbocycles. The van der Waals surface area contributed by atoms with E-state index < -0.39 is 0 Å². The van der Waals surface area contributed by atoms with Gasteiger partial charge in [0.05, 0.1) is 10.7 Å². The van der Waals surface area contributed by atoms with Crippen LogP contribution in [0.5, 0.6) is 0 Å². The predicted octanol–water partition coefficient (Wildman–Crippen LogP) is 3.30. The molecule has 1 N–H and O–H groups in total. The Bertz CT molecular complexity index is 399. The summed E-state index contributed by atoms with van der Waals surface area (Å²) in [5, 5.41) is 4.92. The molecular formula is C14H22N2S. The lowest BCUT2D eigenvalue weighted by Crippen LogP contribution is -2.24. The van der Waals surface area contributed by atoms with E-state index in [0.29, 0.717) is 5.92 Å². The Kier molecular flexibility index (Phi) is 3.22. The van der Waals surface area contributed by atoms with E-state index in [1.807, 2.05) is 11.3 Å². The highest BCUT2D eigenvalue weighted by atomic mass is 32.1. The number of nitrogens with one attached hydrogen (secondary N) is 1. The molecule has 3 unspecified atom stereocenters. The molecule has 0 radical (unpaired) electrons. The number of nitrogens with zero attached hydrogens (tertiary/aromatic N) is 1. The van der Waals surface area contributed by atoms with Gasteiger partial charge in [0.15, 0.2) is 0 Å². The number of hydrogen-bond acceptors (Lipinski definition) is 3. The Labute approximate surface area is 108 Å². The van der Waals surface area contributed by atoms with Crippen LogP contribution in [0.4, 0.5) is 0 Å². The second kappa shape index (κ2) is 4.69. The molecule has 0 saturated heterocycles. The Morgan fingerprint density at radius 1 is 1.47 bits per heavy atom. The SMILES string of the molecule is CCNCC1CCCc2sc(C3CC3C)nc21. The molecule has 1 aromatic rings. The molecular weight excluding hydrogens is 228 g/mol. The average molecular weight is 250 g/mol. The molecule has 1 aromatic heterocycles. The van der Waals surface area contributed by atoms with Crippen molar-refractivity contribution >= 4 is 11.3 Å². The van der Waals surface area contributed by atoms with E-state index in [0.717, 1.165) is 24.9 Å². The molecule has 0 bridgehead atoms. The zero-order valence-corrected chi connectivity index (χ0v) is 11.6. The zero-order chi connectivity index (χ0) is 11.8. The van der Waals surface area contributed by atoms with Crippen molar-refractivity contribution in [2.75, 3.05) is 13.1 Å². The van der Waals surface area contributed by atoms with Crippen LogP contribution >= 0.6 is 11.3 Å². The summed E-state index contributed by atoms with van der Waals surface area (Å²) in [6.45, 7) is 6.72. The van der Waals surface area contributed by atoms with Crippen LogP contribution in [-0.4, -0.2) is 18.1 Å². The number of likely N-dealkylation sites (N-methyl/N-ethyl adjacent to an activating group) is 1. The molecule has 3 heteroatoms. The third kappa shape index (κ3) is 2.27. The Hall–Kier alpha value is -0.410. The summed E-state index contributed by atoms with van der Waals surface area (Å²) in [6, 6.07) is 0. The van der Waals surface area contributed by atoms with Crippen LogP contribution in [0.3, 0.4) is 0 Å². The first-order valence-electron chi connectivity index (χ1n) is 6.99. The van der Waals surface area contributed by atoms with Gasteiger partial charge in [0, 0.05) is 23.3 Å². The van der Waals surface area contributed by atoms with E-state index in [-0.39, 0.29) is 0 Å². The first-order valence-corrected chi connectivity index (χ1v) is 7.81. The van der Waals surface area contributed by atoms with E-state index in [4.69, 9.17) is 4.98 Å². The highest BCUT2D eigenvalue weighted by Crippen LogP contribution is 2.50. The fourth-order valence-corrected chi connectivity index (χ4v) is 4.31. The van der Waals surface area contributed by atoms with Gasteiger partial charge >= 0.3 is 0 Å². The van der Waals surface area contributed by atoms with Gasteiger partial charge in [0.1, 0.15) is 0 Å². The maximum atomic E-state index is 4.98.